The Labute approximate surface area is 762 Å². The molecule has 0 bridgehead atoms. The number of anilines is 4. The standard InChI is InChI=1S/C26H28BrN3O2.C26H28ClN3O2.C26H28FN3O2.C26H29N3O3/c3*27-22-12-8-19(9-13-22)15-25(32)30-26-23(14-18-4-2-1-3-5-18)29-24(16-28-26)21-10-6-20(17-31)7-11-21;30-17-20-6-10-21(11-7-20)24-16-27-26(23(28-24)14-18-4-2-1-3-5-18)29-25(32)15-19-8-12-22(31)13-9-19/h3*6-13,16,18,31H,1-5,14-15,17H2,(H,28,30,32);6-13,16,18,30-31H,1-5,14-15,17H2,(H,27,29,32). The summed E-state index contributed by atoms with van der Waals surface area (Å²) in [5.74, 6) is 3.66. The summed E-state index contributed by atoms with van der Waals surface area (Å²) in [7, 11) is 0. The number of aromatic hydroxyl groups is 1. The highest BCUT2D eigenvalue weighted by Gasteiger charge is 2.26. The molecule has 0 atom stereocenters. The molecule has 4 heterocycles. The molecule has 0 spiro atoms. The molecule has 24 heteroatoms. The van der Waals surface area contributed by atoms with Crippen LogP contribution in [0.25, 0.3) is 45.0 Å². The van der Waals surface area contributed by atoms with E-state index in [1.54, 1.807) is 73.3 Å². The third-order valence-electron chi connectivity index (χ3n) is 24.1. The first-order valence-electron chi connectivity index (χ1n) is 44.9. The lowest BCUT2D eigenvalue weighted by atomic mass is 9.86. The molecule has 4 fully saturated rings. The third kappa shape index (κ3) is 29.2. The van der Waals surface area contributed by atoms with E-state index >= 15 is 0 Å². The van der Waals surface area contributed by atoms with Crippen LogP contribution in [0.2, 0.25) is 5.02 Å². The van der Waals surface area contributed by atoms with Crippen LogP contribution in [-0.4, -0.2) is 89.0 Å². The predicted molar refractivity (Wildman–Crippen MR) is 504 cm³/mol. The van der Waals surface area contributed by atoms with E-state index in [9.17, 15) is 49.1 Å². The molecule has 664 valence electrons. The van der Waals surface area contributed by atoms with Crippen LogP contribution in [0.15, 0.2) is 223 Å². The number of nitrogens with zero attached hydrogens (tertiary/aromatic N) is 8. The fourth-order valence-electron chi connectivity index (χ4n) is 16.9. The second kappa shape index (κ2) is 48.5. The van der Waals surface area contributed by atoms with Crippen LogP contribution in [0.3, 0.4) is 0 Å². The lowest BCUT2D eigenvalue weighted by molar-refractivity contribution is -0.116. The van der Waals surface area contributed by atoms with Gasteiger partial charge in [0.05, 0.1) is 122 Å². The van der Waals surface area contributed by atoms with Crippen molar-refractivity contribution in [1.29, 1.82) is 0 Å². The summed E-state index contributed by atoms with van der Waals surface area (Å²) in [5.41, 5.74) is 16.9. The zero-order chi connectivity index (χ0) is 89.4. The van der Waals surface area contributed by atoms with Gasteiger partial charge in [0.15, 0.2) is 23.3 Å². The van der Waals surface area contributed by atoms with Gasteiger partial charge < -0.3 is 46.8 Å². The Hall–Kier alpha value is -11.7. The molecule has 0 unspecified atom stereocenters. The molecule has 9 N–H and O–H groups in total. The predicted octanol–water partition coefficient (Wildman–Crippen LogP) is 21.0. The molecular formula is C104H113BrClFN12O9. The first-order chi connectivity index (χ1) is 62.4. The van der Waals surface area contributed by atoms with Gasteiger partial charge in [-0.1, -0.05) is 302 Å². The molecule has 0 radical (unpaired) electrons. The zero-order valence-electron chi connectivity index (χ0n) is 72.3. The molecule has 4 amide bonds. The lowest BCUT2D eigenvalue weighted by Gasteiger charge is -2.22. The van der Waals surface area contributed by atoms with Crippen LogP contribution >= 0.6 is 27.5 Å². The molecular weight excluding hydrogens is 1700 g/mol. The molecule has 16 rings (SSSR count). The first kappa shape index (κ1) is 93.9. The van der Waals surface area contributed by atoms with Gasteiger partial charge in [0, 0.05) is 31.7 Å². The first-order valence-corrected chi connectivity index (χ1v) is 46.0. The van der Waals surface area contributed by atoms with E-state index in [-0.39, 0.29) is 80.9 Å². The van der Waals surface area contributed by atoms with Crippen molar-refractivity contribution in [2.45, 2.75) is 206 Å². The summed E-state index contributed by atoms with van der Waals surface area (Å²) in [6.45, 7) is 0.0303. The number of halogens is 3. The highest BCUT2D eigenvalue weighted by atomic mass is 79.9. The van der Waals surface area contributed by atoms with Crippen molar-refractivity contribution in [3.63, 3.8) is 0 Å². The Balaban J connectivity index is 0.000000146. The Morgan fingerprint density at radius 2 is 0.531 bits per heavy atom. The Kier molecular flexibility index (Phi) is 35.6. The Bertz CT molecular complexity index is 4880. The average molecular weight is 1810 g/mol. The summed E-state index contributed by atoms with van der Waals surface area (Å²) < 4.78 is 14.1. The van der Waals surface area contributed by atoms with Gasteiger partial charge in [0.25, 0.3) is 0 Å². The van der Waals surface area contributed by atoms with Gasteiger partial charge in [0.1, 0.15) is 11.6 Å². The van der Waals surface area contributed by atoms with Gasteiger partial charge in [-0.2, -0.15) is 0 Å². The third-order valence-corrected chi connectivity index (χ3v) is 24.9. The van der Waals surface area contributed by atoms with Gasteiger partial charge in [0.2, 0.25) is 23.6 Å². The molecule has 8 aromatic carbocycles. The zero-order valence-corrected chi connectivity index (χ0v) is 74.6. The van der Waals surface area contributed by atoms with E-state index in [4.69, 9.17) is 31.5 Å². The number of hydrogen-bond donors (Lipinski definition) is 9. The summed E-state index contributed by atoms with van der Waals surface area (Å²) in [6.07, 6.45) is 35.5. The maximum Gasteiger partial charge on any atom is 0.229 e. The number of aliphatic hydroxyl groups is 4. The fourth-order valence-corrected chi connectivity index (χ4v) is 17.3. The van der Waals surface area contributed by atoms with Gasteiger partial charge in [-0.15, -0.1) is 0 Å². The minimum absolute atomic E-state index is 0.00207. The Morgan fingerprint density at radius 3 is 0.773 bits per heavy atom. The molecule has 0 saturated heterocycles. The van der Waals surface area contributed by atoms with Crippen LogP contribution in [0.5, 0.6) is 5.75 Å². The summed E-state index contributed by atoms with van der Waals surface area (Å²) in [5, 5.41) is 59.1. The molecule has 21 nitrogen and oxygen atoms in total. The highest BCUT2D eigenvalue weighted by molar-refractivity contribution is 9.10. The van der Waals surface area contributed by atoms with Crippen molar-refractivity contribution in [3.05, 3.63) is 302 Å². The topological polar surface area (TPSA) is 321 Å². The number of aliphatic hydroxyl groups excluding tert-OH is 4. The molecule has 0 aliphatic heterocycles. The van der Waals surface area contributed by atoms with Gasteiger partial charge in [-0.25, -0.2) is 44.3 Å². The second-order valence-electron chi connectivity index (χ2n) is 33.9. The normalized spacial score (nSPS) is 14.3. The van der Waals surface area contributed by atoms with Crippen molar-refractivity contribution in [2.24, 2.45) is 23.7 Å². The van der Waals surface area contributed by atoms with E-state index in [0.29, 0.717) is 58.4 Å². The van der Waals surface area contributed by atoms with Crippen LogP contribution < -0.4 is 21.3 Å². The average Bonchev–Trinajstić information content (AvgIpc) is 0.829. The summed E-state index contributed by atoms with van der Waals surface area (Å²) in [6, 6.07) is 58.2. The number of phenols is 1. The van der Waals surface area contributed by atoms with Crippen LogP contribution in [-0.2, 0) is 97.0 Å². The van der Waals surface area contributed by atoms with E-state index in [0.717, 1.165) is 142 Å². The van der Waals surface area contributed by atoms with Gasteiger partial charge >= 0.3 is 0 Å². The van der Waals surface area contributed by atoms with Gasteiger partial charge in [-0.05, 0) is 142 Å². The second-order valence-corrected chi connectivity index (χ2v) is 35.3. The minimum atomic E-state index is -0.322. The molecule has 4 aliphatic rings. The number of carbonyl (C=O) groups is 4. The number of rotatable bonds is 28. The van der Waals surface area contributed by atoms with Crippen LogP contribution in [0.1, 0.15) is 196 Å². The number of benzene rings is 8. The fraction of sp³-hybridized carbons (Fsp3) is 0.346. The van der Waals surface area contributed by atoms with E-state index < -0.39 is 0 Å². The largest absolute Gasteiger partial charge is 0.508 e. The highest BCUT2D eigenvalue weighted by Crippen LogP contribution is 2.36. The van der Waals surface area contributed by atoms with Gasteiger partial charge in [-0.3, -0.25) is 19.2 Å². The molecule has 12 aromatic rings. The monoisotopic (exact) mass is 1810 g/mol. The molecule has 4 aromatic heterocycles. The number of nitrogens with one attached hydrogen (secondary N) is 4. The Morgan fingerprint density at radius 1 is 0.312 bits per heavy atom. The smallest absolute Gasteiger partial charge is 0.229 e. The van der Waals surface area contributed by atoms with Crippen LogP contribution in [0, 0.1) is 29.5 Å². The number of hydrogen-bond acceptors (Lipinski definition) is 17. The van der Waals surface area contributed by atoms with Crippen molar-refractivity contribution in [3.8, 4) is 50.8 Å². The molecule has 128 heavy (non-hydrogen) atoms. The van der Waals surface area contributed by atoms with E-state index in [1.165, 1.54) is 141 Å². The van der Waals surface area contributed by atoms with E-state index in [1.807, 2.05) is 133 Å². The van der Waals surface area contributed by atoms with Crippen molar-refractivity contribution in [1.82, 2.24) is 39.9 Å². The summed E-state index contributed by atoms with van der Waals surface area (Å²) in [4.78, 5) is 88.7. The van der Waals surface area contributed by atoms with E-state index in [2.05, 4.69) is 57.1 Å². The summed E-state index contributed by atoms with van der Waals surface area (Å²) >= 11 is 9.37. The number of carbonyl (C=O) groups excluding carboxylic acids is 4. The maximum absolute atomic E-state index is 13.1. The number of amides is 4. The number of aromatic nitrogens is 8. The minimum Gasteiger partial charge on any atom is -0.508 e. The quantitative estimate of drug-likeness (QED) is 0.0220. The molecule has 4 saturated carbocycles. The number of phenolic OH excluding ortho intramolecular Hbond substituents is 1. The molecule has 4 aliphatic carbocycles. The van der Waals surface area contributed by atoms with Crippen molar-refractivity contribution >= 4 is 74.4 Å². The lowest BCUT2D eigenvalue weighted by Crippen LogP contribution is -2.19. The van der Waals surface area contributed by atoms with Crippen molar-refractivity contribution < 1.29 is 49.1 Å². The maximum atomic E-state index is 13.1. The van der Waals surface area contributed by atoms with Crippen LogP contribution in [0.4, 0.5) is 27.7 Å². The van der Waals surface area contributed by atoms with Crippen molar-refractivity contribution in [2.75, 3.05) is 21.3 Å². The SMILES string of the molecule is O=C(Cc1ccc(Br)cc1)Nc1ncc(-c2ccc(CO)cc2)nc1CC1CCCCC1.O=C(Cc1ccc(Cl)cc1)Nc1ncc(-c2ccc(CO)cc2)nc1CC1CCCCC1.O=C(Cc1ccc(F)cc1)Nc1ncc(-c2ccc(CO)cc2)nc1CC1CCCCC1.O=C(Cc1ccc(O)cc1)Nc1ncc(-c2ccc(CO)cc2)nc1CC1CCCCC1.